The predicted molar refractivity (Wildman–Crippen MR) is 108 cm³/mol. The molecule has 0 radical (unpaired) electrons. The molecule has 0 fully saturated rings. The Morgan fingerprint density at radius 3 is 2.61 bits per heavy atom. The summed E-state index contributed by atoms with van der Waals surface area (Å²) in [6.07, 6.45) is 0. The van der Waals surface area contributed by atoms with Crippen molar-refractivity contribution < 1.29 is 9.53 Å². The summed E-state index contributed by atoms with van der Waals surface area (Å²) >= 11 is 0. The van der Waals surface area contributed by atoms with Gasteiger partial charge in [-0.3, -0.25) is 4.79 Å². The van der Waals surface area contributed by atoms with E-state index in [1.54, 1.807) is 0 Å². The number of carbonyl (C=O) groups excluding carboxylic acids is 1. The zero-order chi connectivity index (χ0) is 18.9. The molecule has 28 heavy (non-hydrogen) atoms. The molecule has 5 nitrogen and oxygen atoms in total. The molecule has 1 N–H and O–H groups in total. The van der Waals surface area contributed by atoms with Crippen LogP contribution < -0.4 is 10.1 Å². The van der Waals surface area contributed by atoms with Crippen molar-refractivity contribution >= 4 is 16.9 Å². The quantitative estimate of drug-likeness (QED) is 0.591. The zero-order valence-electron chi connectivity index (χ0n) is 15.3. The summed E-state index contributed by atoms with van der Waals surface area (Å²) in [6.45, 7) is 1.82. The van der Waals surface area contributed by atoms with E-state index >= 15 is 0 Å². The lowest BCUT2D eigenvalue weighted by Crippen LogP contribution is -2.24. The predicted octanol–water partition coefficient (Wildman–Crippen LogP) is 4.03. The molecule has 4 aromatic rings. The first-order valence-electron chi connectivity index (χ1n) is 9.34. The summed E-state index contributed by atoms with van der Waals surface area (Å²) in [5.74, 6) is 1.64. The van der Waals surface area contributed by atoms with Crippen molar-refractivity contribution in [2.24, 2.45) is 0 Å². The van der Waals surface area contributed by atoms with Crippen LogP contribution in [-0.2, 0) is 13.2 Å². The molecule has 1 aliphatic heterocycles. The highest BCUT2D eigenvalue weighted by Crippen LogP contribution is 2.29. The number of nitrogens with zero attached hydrogens (tertiary/aromatic N) is 2. The minimum atomic E-state index is -0.0412. The average molecular weight is 369 g/mol. The van der Waals surface area contributed by atoms with Gasteiger partial charge in [-0.25, -0.2) is 4.98 Å². The van der Waals surface area contributed by atoms with E-state index in [0.717, 1.165) is 33.7 Å². The first-order chi connectivity index (χ1) is 13.8. The highest BCUT2D eigenvalue weighted by Gasteiger charge is 2.21. The molecule has 2 heterocycles. The van der Waals surface area contributed by atoms with Gasteiger partial charge in [-0.2, -0.15) is 0 Å². The van der Waals surface area contributed by atoms with Gasteiger partial charge in [0.2, 0.25) is 0 Å². The second-order valence-electron chi connectivity index (χ2n) is 6.81. The molecule has 1 aromatic heterocycles. The minimum absolute atomic E-state index is 0.0412. The maximum atomic E-state index is 12.3. The Bertz CT molecular complexity index is 1150. The Labute approximate surface area is 162 Å². The molecule has 0 spiro atoms. The Balaban J connectivity index is 1.46. The number of rotatable bonds is 4. The van der Waals surface area contributed by atoms with E-state index < -0.39 is 0 Å². The second-order valence-corrected chi connectivity index (χ2v) is 6.81. The van der Waals surface area contributed by atoms with E-state index in [0.29, 0.717) is 25.3 Å². The van der Waals surface area contributed by atoms with Crippen LogP contribution in [0.5, 0.6) is 5.75 Å². The molecule has 3 aromatic carbocycles. The van der Waals surface area contributed by atoms with Gasteiger partial charge < -0.3 is 14.6 Å². The summed E-state index contributed by atoms with van der Waals surface area (Å²) in [6, 6.07) is 23.8. The molecule has 0 unspecified atom stereocenters. The van der Waals surface area contributed by atoms with Gasteiger partial charge in [-0.1, -0.05) is 36.4 Å². The van der Waals surface area contributed by atoms with E-state index in [-0.39, 0.29) is 5.91 Å². The largest absolute Gasteiger partial charge is 0.489 e. The van der Waals surface area contributed by atoms with Gasteiger partial charge >= 0.3 is 0 Å². The Kier molecular flexibility index (Phi) is 4.05. The molecule has 1 aliphatic rings. The first-order valence-corrected chi connectivity index (χ1v) is 9.34. The van der Waals surface area contributed by atoms with Crippen LogP contribution in [-0.4, -0.2) is 22.0 Å². The standard InChI is InChI=1S/C23H19N3O2/c27-23-19-7-4-8-20-21(19)26(14-13-24-23)22(25-20)17-9-11-18(12-10-17)28-15-16-5-2-1-3-6-16/h1-12H,13-15H2,(H,24,27). The molecule has 0 saturated carbocycles. The van der Waals surface area contributed by atoms with Gasteiger partial charge in [0.05, 0.1) is 16.6 Å². The van der Waals surface area contributed by atoms with Crippen molar-refractivity contribution in [2.45, 2.75) is 13.2 Å². The monoisotopic (exact) mass is 369 g/mol. The highest BCUT2D eigenvalue weighted by molar-refractivity contribution is 6.06. The number of hydrogen-bond acceptors (Lipinski definition) is 3. The van der Waals surface area contributed by atoms with E-state index in [9.17, 15) is 4.79 Å². The van der Waals surface area contributed by atoms with Gasteiger partial charge in [0, 0.05) is 18.7 Å². The van der Waals surface area contributed by atoms with Gasteiger partial charge in [-0.15, -0.1) is 0 Å². The second kappa shape index (κ2) is 6.85. The van der Waals surface area contributed by atoms with Crippen molar-refractivity contribution in [3.05, 3.63) is 83.9 Å². The lowest BCUT2D eigenvalue weighted by molar-refractivity contribution is 0.0956. The Hall–Kier alpha value is -3.60. The average Bonchev–Trinajstić information content (AvgIpc) is 3.03. The van der Waals surface area contributed by atoms with Crippen molar-refractivity contribution in [2.75, 3.05) is 6.54 Å². The molecule has 0 aliphatic carbocycles. The third kappa shape index (κ3) is 2.91. The lowest BCUT2D eigenvalue weighted by Gasteiger charge is -2.09. The molecule has 5 rings (SSSR count). The fourth-order valence-electron chi connectivity index (χ4n) is 3.62. The number of imidazole rings is 1. The van der Waals surface area contributed by atoms with Crippen molar-refractivity contribution in [3.8, 4) is 17.1 Å². The molecule has 5 heteroatoms. The third-order valence-electron chi connectivity index (χ3n) is 4.99. The number of hydrogen-bond donors (Lipinski definition) is 1. The maximum absolute atomic E-state index is 12.3. The summed E-state index contributed by atoms with van der Waals surface area (Å²) < 4.78 is 8.01. The van der Waals surface area contributed by atoms with Crippen LogP contribution in [0.4, 0.5) is 0 Å². The number of para-hydroxylation sites is 1. The van der Waals surface area contributed by atoms with E-state index in [1.165, 1.54) is 0 Å². The highest BCUT2D eigenvalue weighted by atomic mass is 16.5. The van der Waals surface area contributed by atoms with Gasteiger partial charge in [-0.05, 0) is 42.0 Å². The summed E-state index contributed by atoms with van der Waals surface area (Å²) in [4.78, 5) is 17.1. The minimum Gasteiger partial charge on any atom is -0.489 e. The van der Waals surface area contributed by atoms with Crippen LogP contribution in [0.25, 0.3) is 22.4 Å². The Morgan fingerprint density at radius 1 is 0.964 bits per heavy atom. The SMILES string of the molecule is O=C1NCCn2c(-c3ccc(OCc4ccccc4)cc3)nc3cccc1c32. The van der Waals surface area contributed by atoms with Crippen LogP contribution in [0.15, 0.2) is 72.8 Å². The van der Waals surface area contributed by atoms with E-state index in [4.69, 9.17) is 9.72 Å². The number of ether oxygens (including phenoxy) is 1. The van der Waals surface area contributed by atoms with Gasteiger partial charge in [0.25, 0.3) is 5.91 Å². The van der Waals surface area contributed by atoms with Gasteiger partial charge in [0.1, 0.15) is 18.2 Å². The normalized spacial score (nSPS) is 13.2. The van der Waals surface area contributed by atoms with Crippen molar-refractivity contribution in [1.29, 1.82) is 0 Å². The molecule has 138 valence electrons. The van der Waals surface area contributed by atoms with Crippen LogP contribution in [0.3, 0.4) is 0 Å². The van der Waals surface area contributed by atoms with Crippen LogP contribution in [0.2, 0.25) is 0 Å². The molecule has 1 amide bonds. The summed E-state index contributed by atoms with van der Waals surface area (Å²) in [5, 5.41) is 2.95. The maximum Gasteiger partial charge on any atom is 0.253 e. The van der Waals surface area contributed by atoms with Crippen LogP contribution in [0, 0.1) is 0 Å². The molecule has 0 bridgehead atoms. The molecule has 0 saturated heterocycles. The number of aromatic nitrogens is 2. The summed E-state index contributed by atoms with van der Waals surface area (Å²) in [7, 11) is 0. The lowest BCUT2D eigenvalue weighted by atomic mass is 10.1. The van der Waals surface area contributed by atoms with E-state index in [1.807, 2.05) is 72.8 Å². The van der Waals surface area contributed by atoms with E-state index in [2.05, 4.69) is 9.88 Å². The molecular weight excluding hydrogens is 350 g/mol. The number of benzene rings is 3. The van der Waals surface area contributed by atoms with Crippen LogP contribution in [0.1, 0.15) is 15.9 Å². The fraction of sp³-hybridized carbons (Fsp3) is 0.130. The van der Waals surface area contributed by atoms with Crippen molar-refractivity contribution in [1.82, 2.24) is 14.9 Å². The number of amides is 1. The molecule has 0 atom stereocenters. The fourth-order valence-corrected chi connectivity index (χ4v) is 3.62. The zero-order valence-corrected chi connectivity index (χ0v) is 15.3. The Morgan fingerprint density at radius 2 is 1.79 bits per heavy atom. The summed E-state index contributed by atoms with van der Waals surface area (Å²) in [5.41, 5.74) is 4.56. The van der Waals surface area contributed by atoms with Gasteiger partial charge in [0.15, 0.2) is 0 Å². The smallest absolute Gasteiger partial charge is 0.253 e. The number of carbonyl (C=O) groups is 1. The van der Waals surface area contributed by atoms with Crippen LogP contribution >= 0.6 is 0 Å². The van der Waals surface area contributed by atoms with Crippen molar-refractivity contribution in [3.63, 3.8) is 0 Å². The molecular formula is C23H19N3O2. The number of nitrogens with one attached hydrogen (secondary N) is 1. The third-order valence-corrected chi connectivity index (χ3v) is 4.99. The first kappa shape index (κ1) is 16.6. The topological polar surface area (TPSA) is 56.2 Å².